The number of benzene rings is 1. The zero-order valence-corrected chi connectivity index (χ0v) is 11.6. The minimum absolute atomic E-state index is 0.151. The van der Waals surface area contributed by atoms with Gasteiger partial charge in [-0.25, -0.2) is 4.68 Å². The summed E-state index contributed by atoms with van der Waals surface area (Å²) in [5.41, 5.74) is 11.2. The van der Waals surface area contributed by atoms with Crippen LogP contribution in [0.2, 0.25) is 0 Å². The lowest BCUT2D eigenvalue weighted by Gasteiger charge is -2.21. The van der Waals surface area contributed by atoms with Crippen LogP contribution in [0.15, 0.2) is 30.3 Å². The van der Waals surface area contributed by atoms with Gasteiger partial charge in [-0.15, -0.1) is 0 Å². The Morgan fingerprint density at radius 3 is 2.68 bits per heavy atom. The molecule has 0 fully saturated rings. The van der Waals surface area contributed by atoms with Gasteiger partial charge in [0.2, 0.25) is 0 Å². The van der Waals surface area contributed by atoms with Gasteiger partial charge in [0, 0.05) is 17.3 Å². The normalized spacial score (nSPS) is 18.6. The van der Waals surface area contributed by atoms with E-state index in [1.54, 1.807) is 0 Å². The Kier molecular flexibility index (Phi) is 3.15. The van der Waals surface area contributed by atoms with E-state index < -0.39 is 0 Å². The molecule has 1 aromatic heterocycles. The lowest BCUT2D eigenvalue weighted by Crippen LogP contribution is -2.19. The van der Waals surface area contributed by atoms with Gasteiger partial charge in [-0.2, -0.15) is 5.10 Å². The van der Waals surface area contributed by atoms with E-state index in [9.17, 15) is 0 Å². The second kappa shape index (κ2) is 4.82. The van der Waals surface area contributed by atoms with Crippen LogP contribution in [0, 0.1) is 0 Å². The van der Waals surface area contributed by atoms with Crippen LogP contribution < -0.4 is 5.73 Å². The van der Waals surface area contributed by atoms with Crippen LogP contribution in [0.4, 0.5) is 0 Å². The molecule has 0 amide bonds. The third kappa shape index (κ3) is 2.08. The number of para-hydroxylation sites is 1. The monoisotopic (exact) mass is 255 g/mol. The van der Waals surface area contributed by atoms with Crippen LogP contribution in [0.1, 0.15) is 55.6 Å². The Labute approximate surface area is 114 Å². The van der Waals surface area contributed by atoms with Crippen molar-refractivity contribution in [2.75, 3.05) is 0 Å². The molecule has 1 aliphatic rings. The molecule has 0 saturated heterocycles. The lowest BCUT2D eigenvalue weighted by molar-refractivity contribution is 0.554. The van der Waals surface area contributed by atoms with Gasteiger partial charge in [-0.3, -0.25) is 0 Å². The maximum absolute atomic E-state index is 6.32. The van der Waals surface area contributed by atoms with Crippen molar-refractivity contribution < 1.29 is 0 Å². The first-order chi connectivity index (χ1) is 9.18. The summed E-state index contributed by atoms with van der Waals surface area (Å²) in [7, 11) is 0. The van der Waals surface area contributed by atoms with Crippen LogP contribution >= 0.6 is 0 Å². The molecule has 2 aromatic rings. The van der Waals surface area contributed by atoms with Gasteiger partial charge in [-0.05, 0) is 37.3 Å². The molecule has 3 nitrogen and oxygen atoms in total. The highest BCUT2D eigenvalue weighted by Gasteiger charge is 2.27. The van der Waals surface area contributed by atoms with Crippen molar-refractivity contribution in [3.05, 3.63) is 47.3 Å². The molecule has 0 spiro atoms. The van der Waals surface area contributed by atoms with E-state index in [0.29, 0.717) is 5.92 Å². The van der Waals surface area contributed by atoms with Crippen LogP contribution in [0.3, 0.4) is 0 Å². The molecule has 2 N–H and O–H groups in total. The third-order valence-electron chi connectivity index (χ3n) is 3.90. The van der Waals surface area contributed by atoms with E-state index in [-0.39, 0.29) is 6.04 Å². The highest BCUT2D eigenvalue weighted by atomic mass is 15.3. The molecule has 0 bridgehead atoms. The van der Waals surface area contributed by atoms with Crippen molar-refractivity contribution in [1.29, 1.82) is 0 Å². The predicted octanol–water partition coefficient (Wildman–Crippen LogP) is 3.33. The summed E-state index contributed by atoms with van der Waals surface area (Å²) in [6.07, 6.45) is 3.31. The summed E-state index contributed by atoms with van der Waals surface area (Å²) < 4.78 is 2.10. The molecule has 1 heterocycles. The number of aromatic nitrogens is 2. The topological polar surface area (TPSA) is 43.8 Å². The van der Waals surface area contributed by atoms with E-state index in [1.807, 2.05) is 6.07 Å². The highest BCUT2D eigenvalue weighted by Crippen LogP contribution is 2.35. The fourth-order valence-corrected chi connectivity index (χ4v) is 2.97. The molecule has 1 unspecified atom stereocenters. The van der Waals surface area contributed by atoms with Gasteiger partial charge >= 0.3 is 0 Å². The number of hydrogen-bond donors (Lipinski definition) is 1. The Morgan fingerprint density at radius 1 is 1.26 bits per heavy atom. The van der Waals surface area contributed by atoms with Crippen molar-refractivity contribution >= 4 is 0 Å². The number of fused-ring (bicyclic) bond motifs is 1. The smallest absolute Gasteiger partial charge is 0.0705 e. The zero-order chi connectivity index (χ0) is 13.4. The number of nitrogens with two attached hydrogens (primary N) is 1. The van der Waals surface area contributed by atoms with Gasteiger partial charge in [0.1, 0.15) is 0 Å². The van der Waals surface area contributed by atoms with Crippen LogP contribution in [-0.2, 0) is 6.42 Å². The molecule has 0 saturated carbocycles. The minimum Gasteiger partial charge on any atom is -0.324 e. The molecule has 19 heavy (non-hydrogen) atoms. The Hall–Kier alpha value is -1.61. The minimum atomic E-state index is 0.151. The molecule has 3 heteroatoms. The van der Waals surface area contributed by atoms with Crippen LogP contribution in [0.25, 0.3) is 5.69 Å². The highest BCUT2D eigenvalue weighted by molar-refractivity contribution is 5.41. The van der Waals surface area contributed by atoms with Gasteiger partial charge in [0.25, 0.3) is 0 Å². The Balaban J connectivity index is 2.19. The molecule has 0 aliphatic heterocycles. The van der Waals surface area contributed by atoms with E-state index >= 15 is 0 Å². The van der Waals surface area contributed by atoms with Crippen molar-refractivity contribution in [3.63, 3.8) is 0 Å². The summed E-state index contributed by atoms with van der Waals surface area (Å²) in [6, 6.07) is 10.5. The summed E-state index contributed by atoms with van der Waals surface area (Å²) in [5, 5.41) is 4.85. The predicted molar refractivity (Wildman–Crippen MR) is 77.5 cm³/mol. The zero-order valence-electron chi connectivity index (χ0n) is 11.6. The molecular weight excluding hydrogens is 234 g/mol. The standard InChI is InChI=1S/C16H21N3/c1-11(2)16-15-13(17)9-6-10-14(15)19(18-16)12-7-4-3-5-8-12/h3-5,7-8,11,13H,6,9-10,17H2,1-2H3. The van der Waals surface area contributed by atoms with Crippen molar-refractivity contribution in [2.24, 2.45) is 5.73 Å². The maximum atomic E-state index is 6.32. The molecule has 1 aliphatic carbocycles. The SMILES string of the molecule is CC(C)c1nn(-c2ccccc2)c2c1C(N)CCC2. The second-order valence-electron chi connectivity index (χ2n) is 5.65. The first kappa shape index (κ1) is 12.4. The average Bonchev–Trinajstić information content (AvgIpc) is 2.81. The van der Waals surface area contributed by atoms with Gasteiger partial charge in [0.15, 0.2) is 0 Å². The second-order valence-corrected chi connectivity index (χ2v) is 5.65. The Morgan fingerprint density at radius 2 is 2.00 bits per heavy atom. The molecule has 1 atom stereocenters. The molecule has 1 aromatic carbocycles. The molecular formula is C16H21N3. The van der Waals surface area contributed by atoms with Gasteiger partial charge < -0.3 is 5.73 Å². The first-order valence-electron chi connectivity index (χ1n) is 7.11. The number of rotatable bonds is 2. The third-order valence-corrected chi connectivity index (χ3v) is 3.90. The van der Waals surface area contributed by atoms with Crippen molar-refractivity contribution in [1.82, 2.24) is 9.78 Å². The molecule has 0 radical (unpaired) electrons. The lowest BCUT2D eigenvalue weighted by atomic mass is 9.89. The fourth-order valence-electron chi connectivity index (χ4n) is 2.97. The Bertz CT molecular complexity index is 569. The quantitative estimate of drug-likeness (QED) is 0.894. The first-order valence-corrected chi connectivity index (χ1v) is 7.11. The van der Waals surface area contributed by atoms with Crippen molar-refractivity contribution in [3.8, 4) is 5.69 Å². The summed E-state index contributed by atoms with van der Waals surface area (Å²) >= 11 is 0. The van der Waals surface area contributed by atoms with Gasteiger partial charge in [-0.1, -0.05) is 32.0 Å². The summed E-state index contributed by atoms with van der Waals surface area (Å²) in [4.78, 5) is 0. The van der Waals surface area contributed by atoms with Crippen LogP contribution in [0.5, 0.6) is 0 Å². The largest absolute Gasteiger partial charge is 0.324 e. The van der Waals surface area contributed by atoms with E-state index in [1.165, 1.54) is 17.0 Å². The average molecular weight is 255 g/mol. The van der Waals surface area contributed by atoms with Crippen LogP contribution in [-0.4, -0.2) is 9.78 Å². The van der Waals surface area contributed by atoms with E-state index in [4.69, 9.17) is 10.8 Å². The molecule has 100 valence electrons. The van der Waals surface area contributed by atoms with E-state index in [2.05, 4.69) is 42.8 Å². The molecule has 3 rings (SSSR count). The number of hydrogen-bond acceptors (Lipinski definition) is 2. The van der Waals surface area contributed by atoms with Gasteiger partial charge in [0.05, 0.1) is 11.4 Å². The summed E-state index contributed by atoms with van der Waals surface area (Å²) in [5.74, 6) is 0.419. The fraction of sp³-hybridized carbons (Fsp3) is 0.438. The van der Waals surface area contributed by atoms with E-state index in [0.717, 1.165) is 24.9 Å². The number of nitrogens with zero attached hydrogens (tertiary/aromatic N) is 2. The maximum Gasteiger partial charge on any atom is 0.0705 e. The summed E-state index contributed by atoms with van der Waals surface area (Å²) in [6.45, 7) is 4.39. The van der Waals surface area contributed by atoms with Crippen molar-refractivity contribution in [2.45, 2.75) is 45.1 Å².